The van der Waals surface area contributed by atoms with E-state index in [1.54, 1.807) is 21.3 Å². The first-order valence-corrected chi connectivity index (χ1v) is 9.18. The van der Waals surface area contributed by atoms with Crippen molar-refractivity contribution in [2.24, 2.45) is 0 Å². The molecule has 0 aromatic rings. The first-order valence-electron chi connectivity index (χ1n) is 7.38. The fourth-order valence-electron chi connectivity index (χ4n) is 3.10. The molecule has 0 aromatic carbocycles. The molecular weight excluding hydrogens is 272 g/mol. The van der Waals surface area contributed by atoms with Gasteiger partial charge in [0.2, 0.25) is 0 Å². The Labute approximate surface area is 123 Å². The molecule has 2 rings (SSSR count). The molecule has 2 aliphatic carbocycles. The highest BCUT2D eigenvalue weighted by Crippen LogP contribution is 2.37. The minimum absolute atomic E-state index is 0.0853. The number of ether oxygens (including phenoxy) is 1. The van der Waals surface area contributed by atoms with E-state index in [9.17, 15) is 0 Å². The van der Waals surface area contributed by atoms with Gasteiger partial charge < -0.3 is 18.0 Å². The van der Waals surface area contributed by atoms with Crippen LogP contribution in [-0.2, 0) is 18.0 Å². The summed E-state index contributed by atoms with van der Waals surface area (Å²) in [6.45, 7) is 0. The molecule has 0 fully saturated rings. The van der Waals surface area contributed by atoms with Crippen LogP contribution in [0.25, 0.3) is 0 Å². The number of allylic oxidation sites excluding steroid dienone is 2. The molecule has 3 unspecified atom stereocenters. The third-order valence-electron chi connectivity index (χ3n) is 4.21. The van der Waals surface area contributed by atoms with E-state index in [0.29, 0.717) is 6.10 Å². The van der Waals surface area contributed by atoms with Crippen LogP contribution in [0.3, 0.4) is 0 Å². The van der Waals surface area contributed by atoms with Gasteiger partial charge in [0.15, 0.2) is 0 Å². The number of hydrogen-bond acceptors (Lipinski definition) is 4. The van der Waals surface area contributed by atoms with Gasteiger partial charge in [-0.1, -0.05) is 24.3 Å². The molecule has 2 aliphatic rings. The molecule has 114 valence electrons. The quantitative estimate of drug-likeness (QED) is 0.558. The fourth-order valence-corrected chi connectivity index (χ4v) is 5.49. The van der Waals surface area contributed by atoms with Crippen LogP contribution in [-0.4, -0.2) is 42.3 Å². The van der Waals surface area contributed by atoms with Crippen molar-refractivity contribution < 1.29 is 18.0 Å². The molecule has 3 atom stereocenters. The normalized spacial score (nSPS) is 30.6. The van der Waals surface area contributed by atoms with Gasteiger partial charge >= 0.3 is 8.80 Å². The Morgan fingerprint density at radius 2 is 1.60 bits per heavy atom. The minimum Gasteiger partial charge on any atom is -0.376 e. The van der Waals surface area contributed by atoms with Gasteiger partial charge in [-0.25, -0.2) is 0 Å². The average molecular weight is 298 g/mol. The standard InChI is InChI=1S/C15H26O4Si/c1-16-20(17-2,18-3)15-12-8-7-11-14(15)19-13-9-5-4-6-10-13/h4-5,8,12-15H,6-7,9-11H2,1-3H3. The monoisotopic (exact) mass is 298 g/mol. The van der Waals surface area contributed by atoms with Gasteiger partial charge in [-0.15, -0.1) is 0 Å². The highest BCUT2D eigenvalue weighted by Gasteiger charge is 2.51. The van der Waals surface area contributed by atoms with Crippen molar-refractivity contribution in [1.29, 1.82) is 0 Å². The van der Waals surface area contributed by atoms with Crippen LogP contribution in [0, 0.1) is 0 Å². The maximum Gasteiger partial charge on any atom is 0.510 e. The number of hydrogen-bond donors (Lipinski definition) is 0. The Hall–Kier alpha value is -0.463. The molecular formula is C15H26O4Si. The van der Waals surface area contributed by atoms with E-state index in [4.69, 9.17) is 18.0 Å². The lowest BCUT2D eigenvalue weighted by Gasteiger charge is -2.38. The lowest BCUT2D eigenvalue weighted by atomic mass is 10.0. The molecule has 0 N–H and O–H groups in total. The van der Waals surface area contributed by atoms with E-state index in [2.05, 4.69) is 24.3 Å². The molecule has 5 heteroatoms. The number of rotatable bonds is 6. The summed E-state index contributed by atoms with van der Waals surface area (Å²) in [6.07, 6.45) is 14.5. The summed E-state index contributed by atoms with van der Waals surface area (Å²) in [6, 6.07) is 0. The minimum atomic E-state index is -2.69. The maximum atomic E-state index is 6.35. The Balaban J connectivity index is 2.09. The van der Waals surface area contributed by atoms with Gasteiger partial charge in [0.25, 0.3) is 0 Å². The molecule has 20 heavy (non-hydrogen) atoms. The zero-order chi connectivity index (χ0) is 14.4. The summed E-state index contributed by atoms with van der Waals surface area (Å²) in [4.78, 5) is 0. The van der Waals surface area contributed by atoms with E-state index in [1.807, 2.05) is 0 Å². The van der Waals surface area contributed by atoms with Crippen LogP contribution in [0.1, 0.15) is 32.1 Å². The van der Waals surface area contributed by atoms with Crippen molar-refractivity contribution in [2.45, 2.75) is 49.9 Å². The summed E-state index contributed by atoms with van der Waals surface area (Å²) in [5.41, 5.74) is 0.0853. The van der Waals surface area contributed by atoms with Crippen molar-refractivity contribution in [3.63, 3.8) is 0 Å². The molecule has 0 spiro atoms. The molecule has 0 saturated heterocycles. The van der Waals surface area contributed by atoms with E-state index in [0.717, 1.165) is 32.1 Å². The van der Waals surface area contributed by atoms with Gasteiger partial charge in [-0.05, 0) is 32.1 Å². The van der Waals surface area contributed by atoms with E-state index in [-0.39, 0.29) is 11.6 Å². The first kappa shape index (κ1) is 15.9. The molecule has 0 bridgehead atoms. The molecule has 0 radical (unpaired) electrons. The smallest absolute Gasteiger partial charge is 0.376 e. The summed E-state index contributed by atoms with van der Waals surface area (Å²) in [5, 5.41) is 0. The fraction of sp³-hybridized carbons (Fsp3) is 0.733. The molecule has 0 aromatic heterocycles. The third kappa shape index (κ3) is 3.40. The predicted octanol–water partition coefficient (Wildman–Crippen LogP) is 3.08. The van der Waals surface area contributed by atoms with Gasteiger partial charge in [0.05, 0.1) is 17.7 Å². The summed E-state index contributed by atoms with van der Waals surface area (Å²) < 4.78 is 23.3. The molecule has 0 heterocycles. The van der Waals surface area contributed by atoms with E-state index in [1.165, 1.54) is 0 Å². The van der Waals surface area contributed by atoms with Crippen LogP contribution in [0.5, 0.6) is 0 Å². The van der Waals surface area contributed by atoms with Crippen LogP contribution < -0.4 is 0 Å². The Bertz CT molecular complexity index is 344. The van der Waals surface area contributed by atoms with Crippen LogP contribution in [0.4, 0.5) is 0 Å². The molecule has 0 saturated carbocycles. The van der Waals surface area contributed by atoms with Crippen molar-refractivity contribution in [3.05, 3.63) is 24.3 Å². The zero-order valence-electron chi connectivity index (χ0n) is 12.7. The second kappa shape index (κ2) is 7.52. The topological polar surface area (TPSA) is 36.9 Å². The zero-order valence-corrected chi connectivity index (χ0v) is 13.7. The largest absolute Gasteiger partial charge is 0.510 e. The Morgan fingerprint density at radius 3 is 2.20 bits per heavy atom. The van der Waals surface area contributed by atoms with Crippen molar-refractivity contribution in [1.82, 2.24) is 0 Å². The van der Waals surface area contributed by atoms with Crippen LogP contribution in [0.2, 0.25) is 5.54 Å². The maximum absolute atomic E-state index is 6.35. The van der Waals surface area contributed by atoms with Crippen molar-refractivity contribution in [2.75, 3.05) is 21.3 Å². The average Bonchev–Trinajstić information content (AvgIpc) is 2.52. The molecule has 0 aliphatic heterocycles. The summed E-state index contributed by atoms with van der Waals surface area (Å²) >= 11 is 0. The lowest BCUT2D eigenvalue weighted by Crippen LogP contribution is -2.52. The lowest BCUT2D eigenvalue weighted by molar-refractivity contribution is -0.0332. The summed E-state index contributed by atoms with van der Waals surface area (Å²) in [7, 11) is 2.31. The van der Waals surface area contributed by atoms with Gasteiger partial charge in [0.1, 0.15) is 0 Å². The first-order chi connectivity index (χ1) is 9.75. The highest BCUT2D eigenvalue weighted by atomic mass is 28.4. The summed E-state index contributed by atoms with van der Waals surface area (Å²) in [5.74, 6) is 0. The van der Waals surface area contributed by atoms with Gasteiger partial charge in [-0.2, -0.15) is 0 Å². The second-order valence-corrected chi connectivity index (χ2v) is 8.43. The predicted molar refractivity (Wildman–Crippen MR) is 80.6 cm³/mol. The third-order valence-corrected chi connectivity index (χ3v) is 7.30. The van der Waals surface area contributed by atoms with Crippen LogP contribution in [0.15, 0.2) is 24.3 Å². The highest BCUT2D eigenvalue weighted by molar-refractivity contribution is 6.63. The second-order valence-electron chi connectivity index (χ2n) is 5.33. The SMILES string of the molecule is CO[Si](OC)(OC)C1C=CCCC1OC1CC=CCC1. The molecule has 4 nitrogen and oxygen atoms in total. The van der Waals surface area contributed by atoms with Gasteiger partial charge in [0, 0.05) is 21.3 Å². The Kier molecular flexibility index (Phi) is 5.98. The van der Waals surface area contributed by atoms with Crippen LogP contribution >= 0.6 is 0 Å². The van der Waals surface area contributed by atoms with E-state index < -0.39 is 8.80 Å². The van der Waals surface area contributed by atoms with Crippen molar-refractivity contribution >= 4 is 8.80 Å². The van der Waals surface area contributed by atoms with Gasteiger partial charge in [-0.3, -0.25) is 0 Å². The van der Waals surface area contributed by atoms with Crippen molar-refractivity contribution in [3.8, 4) is 0 Å². The molecule has 0 amide bonds. The van der Waals surface area contributed by atoms with E-state index >= 15 is 0 Å². The Morgan fingerprint density at radius 1 is 0.900 bits per heavy atom.